The predicted octanol–water partition coefficient (Wildman–Crippen LogP) is 1.93. The molecule has 1 N–H and O–H groups in total. The number of fused-ring (bicyclic) bond motifs is 1. The van der Waals surface area contributed by atoms with Crippen LogP contribution in [0.2, 0.25) is 0 Å². The van der Waals surface area contributed by atoms with Crippen LogP contribution in [0, 0.1) is 0 Å². The Bertz CT molecular complexity index is 507. The van der Waals surface area contributed by atoms with Crippen molar-refractivity contribution < 1.29 is 14.6 Å². The maximum Gasteiger partial charge on any atom is 0.260 e. The molecule has 0 atom stereocenters. The lowest BCUT2D eigenvalue weighted by Gasteiger charge is -2.29. The maximum absolute atomic E-state index is 12.2. The summed E-state index contributed by atoms with van der Waals surface area (Å²) in [5.74, 6) is 0.896. The zero-order valence-corrected chi connectivity index (χ0v) is 12.4. The number of hydrogen-bond acceptors (Lipinski definition) is 3. The van der Waals surface area contributed by atoms with Crippen molar-refractivity contribution >= 4 is 5.91 Å². The summed E-state index contributed by atoms with van der Waals surface area (Å²) < 4.78 is 5.79. The Morgan fingerprint density at radius 3 is 2.81 bits per heavy atom. The molecule has 0 radical (unpaired) electrons. The van der Waals surface area contributed by atoms with Crippen molar-refractivity contribution in [3.63, 3.8) is 0 Å². The Morgan fingerprint density at radius 2 is 2.00 bits per heavy atom. The maximum atomic E-state index is 12.2. The van der Waals surface area contributed by atoms with E-state index in [9.17, 15) is 9.90 Å². The molecule has 4 heteroatoms. The molecule has 0 spiro atoms. The minimum Gasteiger partial charge on any atom is -0.483 e. The van der Waals surface area contributed by atoms with Crippen LogP contribution in [-0.4, -0.2) is 41.7 Å². The summed E-state index contributed by atoms with van der Waals surface area (Å²) in [6.07, 6.45) is 5.70. The number of likely N-dealkylation sites (tertiary alicyclic amines) is 1. The fourth-order valence-corrected chi connectivity index (χ4v) is 3.23. The van der Waals surface area contributed by atoms with Gasteiger partial charge in [-0.3, -0.25) is 4.79 Å². The van der Waals surface area contributed by atoms with E-state index in [2.05, 4.69) is 6.07 Å². The van der Waals surface area contributed by atoms with Crippen LogP contribution in [0.3, 0.4) is 0 Å². The van der Waals surface area contributed by atoms with Gasteiger partial charge >= 0.3 is 0 Å². The summed E-state index contributed by atoms with van der Waals surface area (Å²) in [6.45, 7) is 1.37. The molecule has 3 rings (SSSR count). The first-order chi connectivity index (χ1) is 10.2. The number of ether oxygens (including phenoxy) is 1. The third-order valence-electron chi connectivity index (χ3n) is 4.52. The number of carbonyl (C=O) groups excluding carboxylic acids is 1. The zero-order valence-electron chi connectivity index (χ0n) is 12.4. The van der Waals surface area contributed by atoms with Crippen LogP contribution in [0.4, 0.5) is 0 Å². The number of aliphatic hydroxyl groups excluding tert-OH is 1. The van der Waals surface area contributed by atoms with Gasteiger partial charge < -0.3 is 14.7 Å². The summed E-state index contributed by atoms with van der Waals surface area (Å²) in [7, 11) is 0. The van der Waals surface area contributed by atoms with Crippen LogP contribution < -0.4 is 4.74 Å². The van der Waals surface area contributed by atoms with Gasteiger partial charge in [0.05, 0.1) is 6.10 Å². The molecule has 2 aliphatic rings. The summed E-state index contributed by atoms with van der Waals surface area (Å²) in [5.41, 5.74) is 2.65. The quantitative estimate of drug-likeness (QED) is 0.925. The lowest BCUT2D eigenvalue weighted by atomic mass is 9.91. The van der Waals surface area contributed by atoms with Gasteiger partial charge in [0.25, 0.3) is 5.91 Å². The fourth-order valence-electron chi connectivity index (χ4n) is 3.23. The SMILES string of the molecule is O=C(COc1cccc2c1CCCC2)N1CCC(O)CC1. The van der Waals surface area contributed by atoms with Gasteiger partial charge in [-0.1, -0.05) is 12.1 Å². The standard InChI is InChI=1S/C17H23NO3/c19-14-8-10-18(11-9-14)17(20)12-21-16-7-3-5-13-4-1-2-6-15(13)16/h3,5,7,14,19H,1-2,4,6,8-12H2. The largest absolute Gasteiger partial charge is 0.483 e. The predicted molar refractivity (Wildman–Crippen MR) is 80.4 cm³/mol. The summed E-state index contributed by atoms with van der Waals surface area (Å²) in [6, 6.07) is 6.15. The van der Waals surface area contributed by atoms with Crippen LogP contribution in [0.25, 0.3) is 0 Å². The van der Waals surface area contributed by atoms with E-state index >= 15 is 0 Å². The molecule has 1 amide bonds. The second kappa shape index (κ2) is 6.48. The molecule has 114 valence electrons. The van der Waals surface area contributed by atoms with Gasteiger partial charge in [-0.25, -0.2) is 0 Å². The van der Waals surface area contributed by atoms with E-state index < -0.39 is 0 Å². The molecule has 0 saturated carbocycles. The monoisotopic (exact) mass is 289 g/mol. The van der Waals surface area contributed by atoms with Gasteiger partial charge in [0.15, 0.2) is 6.61 Å². The molecule has 4 nitrogen and oxygen atoms in total. The van der Waals surface area contributed by atoms with Crippen molar-refractivity contribution in [2.75, 3.05) is 19.7 Å². The van der Waals surface area contributed by atoms with E-state index in [0.717, 1.165) is 18.6 Å². The van der Waals surface area contributed by atoms with Gasteiger partial charge in [-0.15, -0.1) is 0 Å². The molecule has 1 fully saturated rings. The minimum absolute atomic E-state index is 0.0234. The molecular weight excluding hydrogens is 266 g/mol. The first kappa shape index (κ1) is 14.4. The highest BCUT2D eigenvalue weighted by atomic mass is 16.5. The highest BCUT2D eigenvalue weighted by Crippen LogP contribution is 2.29. The van der Waals surface area contributed by atoms with Crippen molar-refractivity contribution in [3.05, 3.63) is 29.3 Å². The number of benzene rings is 1. The Morgan fingerprint density at radius 1 is 1.24 bits per heavy atom. The van der Waals surface area contributed by atoms with Crippen LogP contribution in [0.5, 0.6) is 5.75 Å². The number of hydrogen-bond donors (Lipinski definition) is 1. The van der Waals surface area contributed by atoms with Crippen molar-refractivity contribution in [1.82, 2.24) is 4.90 Å². The summed E-state index contributed by atoms with van der Waals surface area (Å²) >= 11 is 0. The van der Waals surface area contributed by atoms with Gasteiger partial charge in [-0.2, -0.15) is 0 Å². The molecule has 1 aliphatic heterocycles. The molecule has 21 heavy (non-hydrogen) atoms. The van der Waals surface area contributed by atoms with Crippen molar-refractivity contribution in [2.24, 2.45) is 0 Å². The number of amides is 1. The molecule has 1 aromatic carbocycles. The topological polar surface area (TPSA) is 49.8 Å². The first-order valence-corrected chi connectivity index (χ1v) is 7.93. The highest BCUT2D eigenvalue weighted by molar-refractivity contribution is 5.78. The average molecular weight is 289 g/mol. The van der Waals surface area contributed by atoms with E-state index in [-0.39, 0.29) is 18.6 Å². The first-order valence-electron chi connectivity index (χ1n) is 7.93. The second-order valence-electron chi connectivity index (χ2n) is 6.00. The van der Waals surface area contributed by atoms with Gasteiger partial charge in [-0.05, 0) is 55.7 Å². The van der Waals surface area contributed by atoms with Crippen molar-refractivity contribution in [1.29, 1.82) is 0 Å². The Balaban J connectivity index is 1.59. The van der Waals surface area contributed by atoms with E-state index in [4.69, 9.17) is 4.74 Å². The number of nitrogens with zero attached hydrogens (tertiary/aromatic N) is 1. The number of aliphatic hydroxyl groups is 1. The molecule has 0 unspecified atom stereocenters. The van der Waals surface area contributed by atoms with Crippen molar-refractivity contribution in [2.45, 2.75) is 44.6 Å². The van der Waals surface area contributed by atoms with E-state index in [1.807, 2.05) is 12.1 Å². The highest BCUT2D eigenvalue weighted by Gasteiger charge is 2.22. The number of rotatable bonds is 3. The summed E-state index contributed by atoms with van der Waals surface area (Å²) in [5, 5.41) is 9.48. The lowest BCUT2D eigenvalue weighted by Crippen LogP contribution is -2.42. The summed E-state index contributed by atoms with van der Waals surface area (Å²) in [4.78, 5) is 14.0. The molecule has 0 bridgehead atoms. The molecule has 1 saturated heterocycles. The minimum atomic E-state index is -0.254. The Hall–Kier alpha value is -1.55. The number of carbonyl (C=O) groups is 1. The molecule has 1 aliphatic carbocycles. The Labute approximate surface area is 125 Å². The van der Waals surface area contributed by atoms with Crippen LogP contribution in [0.15, 0.2) is 18.2 Å². The van der Waals surface area contributed by atoms with Crippen LogP contribution in [-0.2, 0) is 17.6 Å². The normalized spacial score (nSPS) is 19.2. The molecule has 1 aromatic rings. The third-order valence-corrected chi connectivity index (χ3v) is 4.52. The van der Waals surface area contributed by atoms with E-state index in [0.29, 0.717) is 25.9 Å². The number of aryl methyl sites for hydroxylation is 1. The fraction of sp³-hybridized carbons (Fsp3) is 0.588. The lowest BCUT2D eigenvalue weighted by molar-refractivity contribution is -0.135. The van der Waals surface area contributed by atoms with Crippen LogP contribution in [0.1, 0.15) is 36.8 Å². The molecular formula is C17H23NO3. The average Bonchev–Trinajstić information content (AvgIpc) is 2.53. The number of piperidine rings is 1. The Kier molecular flexibility index (Phi) is 4.44. The van der Waals surface area contributed by atoms with Gasteiger partial charge in [0, 0.05) is 13.1 Å². The van der Waals surface area contributed by atoms with Crippen LogP contribution >= 0.6 is 0 Å². The zero-order chi connectivity index (χ0) is 14.7. The van der Waals surface area contributed by atoms with E-state index in [1.54, 1.807) is 4.90 Å². The van der Waals surface area contributed by atoms with Gasteiger partial charge in [0.1, 0.15) is 5.75 Å². The van der Waals surface area contributed by atoms with Gasteiger partial charge in [0.2, 0.25) is 0 Å². The van der Waals surface area contributed by atoms with E-state index in [1.165, 1.54) is 24.0 Å². The third kappa shape index (κ3) is 3.38. The smallest absolute Gasteiger partial charge is 0.260 e. The molecule has 1 heterocycles. The molecule has 0 aromatic heterocycles. The second-order valence-corrected chi connectivity index (χ2v) is 6.00. The van der Waals surface area contributed by atoms with Crippen molar-refractivity contribution in [3.8, 4) is 5.75 Å².